The molecule has 2 bridgehead atoms. The third kappa shape index (κ3) is 3.06. The monoisotopic (exact) mass is 467 g/mol. The zero-order valence-corrected chi connectivity index (χ0v) is 18.9. The van der Waals surface area contributed by atoms with Crippen molar-refractivity contribution < 1.29 is 19.1 Å². The normalized spacial score (nSPS) is 22.6. The van der Waals surface area contributed by atoms with Gasteiger partial charge in [-0.1, -0.05) is 36.4 Å². The highest BCUT2D eigenvalue weighted by atomic mass is 16.5. The van der Waals surface area contributed by atoms with Gasteiger partial charge >= 0.3 is 6.03 Å². The largest absolute Gasteiger partial charge is 0.497 e. The van der Waals surface area contributed by atoms with Gasteiger partial charge < -0.3 is 14.5 Å². The highest BCUT2D eigenvalue weighted by Crippen LogP contribution is 2.43. The maximum Gasteiger partial charge on any atom is 0.332 e. The summed E-state index contributed by atoms with van der Waals surface area (Å²) in [5.74, 6) is 0.243. The van der Waals surface area contributed by atoms with E-state index in [1.54, 1.807) is 41.2 Å². The molecule has 3 fully saturated rings. The molecule has 6 rings (SSSR count). The molecule has 3 atom stereocenters. The lowest BCUT2D eigenvalue weighted by Crippen LogP contribution is -2.55. The van der Waals surface area contributed by atoms with Gasteiger partial charge in [0.25, 0.3) is 5.91 Å². The Morgan fingerprint density at radius 2 is 1.97 bits per heavy atom. The lowest BCUT2D eigenvalue weighted by atomic mass is 10.1. The SMILES string of the molecule is COc1cccc(CC(=O)N2C[C@H]3CC2C2C(=O)N(c4cnc(C#N)c5ccccc45)C(=O)N23)c1. The van der Waals surface area contributed by atoms with Crippen molar-refractivity contribution in [2.24, 2.45) is 0 Å². The number of benzene rings is 2. The molecule has 0 saturated carbocycles. The van der Waals surface area contributed by atoms with Crippen LogP contribution in [-0.2, 0) is 16.0 Å². The third-order valence-electron chi connectivity index (χ3n) is 7.20. The summed E-state index contributed by atoms with van der Waals surface area (Å²) in [5.41, 5.74) is 1.43. The Hall–Kier alpha value is -4.45. The topological polar surface area (TPSA) is 107 Å². The van der Waals surface area contributed by atoms with Gasteiger partial charge in [0.15, 0.2) is 0 Å². The second-order valence-corrected chi connectivity index (χ2v) is 8.99. The van der Waals surface area contributed by atoms with Gasteiger partial charge in [-0.25, -0.2) is 14.7 Å². The molecule has 0 spiro atoms. The lowest BCUT2D eigenvalue weighted by molar-refractivity contribution is -0.135. The number of hydrogen-bond acceptors (Lipinski definition) is 6. The van der Waals surface area contributed by atoms with Gasteiger partial charge in [0, 0.05) is 17.3 Å². The molecule has 0 radical (unpaired) electrons. The molecule has 4 amide bonds. The van der Waals surface area contributed by atoms with Crippen LogP contribution < -0.4 is 9.64 Å². The van der Waals surface area contributed by atoms with E-state index in [9.17, 15) is 19.6 Å². The van der Waals surface area contributed by atoms with E-state index in [4.69, 9.17) is 4.74 Å². The highest BCUT2D eigenvalue weighted by molar-refractivity contribution is 6.25. The van der Waals surface area contributed by atoms with Gasteiger partial charge in [-0.2, -0.15) is 5.26 Å². The number of imide groups is 1. The van der Waals surface area contributed by atoms with Crippen molar-refractivity contribution in [2.75, 3.05) is 18.6 Å². The van der Waals surface area contributed by atoms with Crippen molar-refractivity contribution in [3.05, 3.63) is 66.0 Å². The number of rotatable bonds is 4. The molecule has 4 heterocycles. The lowest BCUT2D eigenvalue weighted by Gasteiger charge is -2.35. The van der Waals surface area contributed by atoms with E-state index in [0.717, 1.165) is 10.5 Å². The number of likely N-dealkylation sites (tertiary alicyclic amines) is 1. The first-order chi connectivity index (χ1) is 17.0. The van der Waals surface area contributed by atoms with Gasteiger partial charge in [-0.05, 0) is 24.1 Å². The Balaban J connectivity index is 1.30. The molecule has 1 aromatic heterocycles. The minimum absolute atomic E-state index is 0.0745. The van der Waals surface area contributed by atoms with Crippen molar-refractivity contribution in [2.45, 2.75) is 31.0 Å². The molecule has 3 aromatic rings. The number of methoxy groups -OCH3 is 1. The number of nitriles is 1. The predicted octanol–water partition coefficient (Wildman–Crippen LogP) is 2.48. The first-order valence-corrected chi connectivity index (χ1v) is 11.4. The van der Waals surface area contributed by atoms with Crippen molar-refractivity contribution in [3.63, 3.8) is 0 Å². The van der Waals surface area contributed by atoms with Crippen LogP contribution in [0.1, 0.15) is 17.7 Å². The summed E-state index contributed by atoms with van der Waals surface area (Å²) >= 11 is 0. The number of carbonyl (C=O) groups excluding carboxylic acids is 3. The van der Waals surface area contributed by atoms with Crippen LogP contribution >= 0.6 is 0 Å². The molecular weight excluding hydrogens is 446 g/mol. The van der Waals surface area contributed by atoms with Gasteiger partial charge in [0.1, 0.15) is 23.6 Å². The molecule has 0 N–H and O–H groups in total. The first kappa shape index (κ1) is 21.1. The first-order valence-electron chi connectivity index (χ1n) is 11.4. The Morgan fingerprint density at radius 1 is 1.17 bits per heavy atom. The zero-order chi connectivity index (χ0) is 24.3. The van der Waals surface area contributed by atoms with E-state index in [0.29, 0.717) is 35.2 Å². The van der Waals surface area contributed by atoms with Gasteiger partial charge in [-0.3, -0.25) is 9.59 Å². The maximum absolute atomic E-state index is 13.6. The molecule has 9 nitrogen and oxygen atoms in total. The van der Waals surface area contributed by atoms with E-state index >= 15 is 0 Å². The number of pyridine rings is 1. The standard InChI is InChI=1S/C26H21N5O4/c1-35-17-6-4-5-15(9-17)10-23(32)29-14-16-11-21(29)24-25(33)31(26(34)30(16)24)22-13-28-20(12-27)18-7-2-3-8-19(18)22/h2-9,13,16,21,24H,10-11,14H2,1H3/t16-,21?,24?/m1/s1. The fraction of sp³-hybridized carbons (Fsp3) is 0.269. The van der Waals surface area contributed by atoms with Gasteiger partial charge in [-0.15, -0.1) is 0 Å². The minimum atomic E-state index is -0.718. The second-order valence-electron chi connectivity index (χ2n) is 8.99. The summed E-state index contributed by atoms with van der Waals surface area (Å²) in [6.07, 6.45) is 2.20. The molecular formula is C26H21N5O4. The van der Waals surface area contributed by atoms with Crippen LogP contribution in [0.5, 0.6) is 5.75 Å². The van der Waals surface area contributed by atoms with Crippen molar-refractivity contribution >= 4 is 34.3 Å². The molecule has 3 aliphatic heterocycles. The number of nitrogens with zero attached hydrogens (tertiary/aromatic N) is 5. The number of carbonyl (C=O) groups is 3. The predicted molar refractivity (Wildman–Crippen MR) is 126 cm³/mol. The third-order valence-corrected chi connectivity index (χ3v) is 7.20. The highest BCUT2D eigenvalue weighted by Gasteiger charge is 2.63. The van der Waals surface area contributed by atoms with Crippen LogP contribution in [0.3, 0.4) is 0 Å². The van der Waals surface area contributed by atoms with E-state index in [2.05, 4.69) is 11.1 Å². The Kier molecular flexibility index (Phi) is 4.71. The van der Waals surface area contributed by atoms with Crippen LogP contribution in [0, 0.1) is 11.3 Å². The number of aromatic nitrogens is 1. The van der Waals surface area contributed by atoms with Gasteiger partial charge in [0.05, 0.1) is 37.5 Å². The average molecular weight is 467 g/mol. The number of fused-ring (bicyclic) bond motifs is 6. The van der Waals surface area contributed by atoms with E-state index in [-0.39, 0.29) is 36.0 Å². The molecule has 0 aliphatic carbocycles. The zero-order valence-electron chi connectivity index (χ0n) is 18.9. The second kappa shape index (κ2) is 7.81. The average Bonchev–Trinajstić information content (AvgIpc) is 3.55. The van der Waals surface area contributed by atoms with Crippen molar-refractivity contribution in [1.29, 1.82) is 5.26 Å². The van der Waals surface area contributed by atoms with Crippen molar-refractivity contribution in [1.82, 2.24) is 14.8 Å². The number of urea groups is 1. The molecule has 174 valence electrons. The summed E-state index contributed by atoms with van der Waals surface area (Å²) in [5, 5.41) is 10.6. The fourth-order valence-electron chi connectivity index (χ4n) is 5.67. The summed E-state index contributed by atoms with van der Waals surface area (Å²) in [7, 11) is 1.58. The van der Waals surface area contributed by atoms with E-state index < -0.39 is 12.1 Å². The summed E-state index contributed by atoms with van der Waals surface area (Å²) < 4.78 is 5.25. The molecule has 2 unspecified atom stereocenters. The number of piperazine rings is 1. The van der Waals surface area contributed by atoms with Crippen LogP contribution in [0.25, 0.3) is 10.8 Å². The molecule has 9 heteroatoms. The summed E-state index contributed by atoms with van der Waals surface area (Å²) in [4.78, 5) is 49.0. The van der Waals surface area contributed by atoms with E-state index in [1.807, 2.05) is 24.3 Å². The smallest absolute Gasteiger partial charge is 0.332 e. The molecule has 3 aliphatic rings. The number of hydrogen-bond donors (Lipinski definition) is 0. The fourth-order valence-corrected chi connectivity index (χ4v) is 5.67. The van der Waals surface area contributed by atoms with E-state index in [1.165, 1.54) is 6.20 Å². The van der Waals surface area contributed by atoms with Gasteiger partial charge in [0.2, 0.25) is 5.91 Å². The minimum Gasteiger partial charge on any atom is -0.497 e. The summed E-state index contributed by atoms with van der Waals surface area (Å²) in [6, 6.07) is 14.8. The Bertz CT molecular complexity index is 1450. The molecule has 3 saturated heterocycles. The molecule has 2 aromatic carbocycles. The van der Waals surface area contributed by atoms with Crippen LogP contribution in [0.2, 0.25) is 0 Å². The van der Waals surface area contributed by atoms with Crippen LogP contribution in [0.15, 0.2) is 54.7 Å². The Morgan fingerprint density at radius 3 is 2.74 bits per heavy atom. The Labute approximate surface area is 201 Å². The molecule has 35 heavy (non-hydrogen) atoms. The number of anilines is 1. The van der Waals surface area contributed by atoms with Crippen LogP contribution in [-0.4, -0.2) is 64.4 Å². The summed E-state index contributed by atoms with van der Waals surface area (Å²) in [6.45, 7) is 0.406. The van der Waals surface area contributed by atoms with Crippen LogP contribution in [0.4, 0.5) is 10.5 Å². The maximum atomic E-state index is 13.6. The quantitative estimate of drug-likeness (QED) is 0.546. The van der Waals surface area contributed by atoms with Crippen molar-refractivity contribution in [3.8, 4) is 11.8 Å². The number of ether oxygens (including phenoxy) is 1. The number of amides is 4.